The van der Waals surface area contributed by atoms with Gasteiger partial charge in [0.25, 0.3) is 0 Å². The fourth-order valence-corrected chi connectivity index (χ4v) is 1.56. The second kappa shape index (κ2) is 3.65. The van der Waals surface area contributed by atoms with E-state index in [2.05, 4.69) is 0 Å². The van der Waals surface area contributed by atoms with Gasteiger partial charge in [0.15, 0.2) is 0 Å². The third-order valence-electron chi connectivity index (χ3n) is 2.35. The molecule has 1 aliphatic carbocycles. The first-order chi connectivity index (χ1) is 5.20. The molecule has 11 heavy (non-hydrogen) atoms. The lowest BCUT2D eigenvalue weighted by Crippen LogP contribution is -2.09. The summed E-state index contributed by atoms with van der Waals surface area (Å²) in [4.78, 5) is 21.9. The van der Waals surface area contributed by atoms with Crippen LogP contribution in [0, 0.1) is 5.92 Å². The molecule has 0 radical (unpaired) electrons. The fourth-order valence-electron chi connectivity index (χ4n) is 1.56. The molecule has 0 heterocycles. The Morgan fingerprint density at radius 3 is 2.73 bits per heavy atom. The van der Waals surface area contributed by atoms with Gasteiger partial charge in [-0.15, -0.1) is 0 Å². The molecular weight excluding hydrogens is 140 g/mol. The van der Waals surface area contributed by atoms with Gasteiger partial charge in [-0.05, 0) is 26.2 Å². The van der Waals surface area contributed by atoms with Crippen molar-refractivity contribution in [3.63, 3.8) is 0 Å². The fraction of sp³-hybridized carbons (Fsp3) is 0.778. The topological polar surface area (TPSA) is 34.1 Å². The molecule has 0 aliphatic heterocycles. The number of Topliss-reactive ketones (excluding diaryl/α,β-unsaturated/α-hetero) is 2. The highest BCUT2D eigenvalue weighted by Crippen LogP contribution is 2.21. The highest BCUT2D eigenvalue weighted by atomic mass is 16.1. The highest BCUT2D eigenvalue weighted by Gasteiger charge is 2.19. The Bertz CT molecular complexity index is 172. The average molecular weight is 154 g/mol. The van der Waals surface area contributed by atoms with Crippen LogP contribution in [0.2, 0.25) is 0 Å². The highest BCUT2D eigenvalue weighted by molar-refractivity contribution is 5.82. The smallest absolute Gasteiger partial charge is 0.132 e. The summed E-state index contributed by atoms with van der Waals surface area (Å²) in [5.74, 6) is 0.745. The van der Waals surface area contributed by atoms with Gasteiger partial charge in [0.2, 0.25) is 0 Å². The summed E-state index contributed by atoms with van der Waals surface area (Å²) < 4.78 is 0. The molecule has 0 aromatic heterocycles. The molecule has 0 amide bonds. The Balaban J connectivity index is 2.46. The van der Waals surface area contributed by atoms with Crippen LogP contribution >= 0.6 is 0 Å². The Labute approximate surface area is 67.0 Å². The third-order valence-corrected chi connectivity index (χ3v) is 2.35. The summed E-state index contributed by atoms with van der Waals surface area (Å²) in [6.45, 7) is 1.63. The van der Waals surface area contributed by atoms with Crippen LogP contribution in [0.1, 0.15) is 39.0 Å². The number of carbonyl (C=O) groups excluding carboxylic acids is 2. The van der Waals surface area contributed by atoms with E-state index in [4.69, 9.17) is 0 Å². The molecule has 0 N–H and O–H groups in total. The quantitative estimate of drug-likeness (QED) is 0.539. The van der Waals surface area contributed by atoms with E-state index in [9.17, 15) is 9.59 Å². The lowest BCUT2D eigenvalue weighted by atomic mass is 9.97. The zero-order valence-electron chi connectivity index (χ0n) is 6.93. The van der Waals surface area contributed by atoms with E-state index < -0.39 is 0 Å². The van der Waals surface area contributed by atoms with Crippen molar-refractivity contribution in [3.05, 3.63) is 0 Å². The van der Waals surface area contributed by atoms with Gasteiger partial charge in [0.05, 0.1) is 0 Å². The van der Waals surface area contributed by atoms with E-state index in [1.165, 1.54) is 0 Å². The van der Waals surface area contributed by atoms with Crippen LogP contribution in [0.3, 0.4) is 0 Å². The van der Waals surface area contributed by atoms with E-state index in [1.807, 2.05) is 0 Å². The maximum Gasteiger partial charge on any atom is 0.132 e. The van der Waals surface area contributed by atoms with Crippen molar-refractivity contribution < 1.29 is 9.59 Å². The molecule has 1 saturated carbocycles. The second-order valence-electron chi connectivity index (χ2n) is 3.28. The first kappa shape index (κ1) is 8.44. The number of carbonyl (C=O) groups is 2. The van der Waals surface area contributed by atoms with Crippen LogP contribution in [-0.4, -0.2) is 11.6 Å². The first-order valence-electron chi connectivity index (χ1n) is 4.22. The maximum atomic E-state index is 10.9. The molecule has 1 fully saturated rings. The number of ketones is 2. The van der Waals surface area contributed by atoms with Crippen LogP contribution in [0.15, 0.2) is 0 Å². The summed E-state index contributed by atoms with van der Waals surface area (Å²) in [6, 6.07) is 0. The lowest BCUT2D eigenvalue weighted by Gasteiger charge is -2.07. The zero-order valence-corrected chi connectivity index (χ0v) is 6.93. The number of rotatable bonds is 1. The van der Waals surface area contributed by atoms with Crippen molar-refractivity contribution in [1.29, 1.82) is 0 Å². The van der Waals surface area contributed by atoms with E-state index in [-0.39, 0.29) is 11.7 Å². The standard InChI is InChI=1S/C9H14O2/c1-7(10)8-3-2-4-9(11)6-5-8/h8H,2-6H2,1H3. The normalized spacial score (nSPS) is 26.3. The summed E-state index contributed by atoms with van der Waals surface area (Å²) in [6.07, 6.45) is 3.91. The Kier molecular flexibility index (Phi) is 2.80. The largest absolute Gasteiger partial charge is 0.300 e. The van der Waals surface area contributed by atoms with E-state index >= 15 is 0 Å². The molecule has 0 bridgehead atoms. The molecule has 62 valence electrons. The molecule has 1 aliphatic rings. The second-order valence-corrected chi connectivity index (χ2v) is 3.28. The van der Waals surface area contributed by atoms with Gasteiger partial charge in [-0.1, -0.05) is 0 Å². The first-order valence-corrected chi connectivity index (χ1v) is 4.22. The van der Waals surface area contributed by atoms with E-state index in [0.29, 0.717) is 18.6 Å². The van der Waals surface area contributed by atoms with Gasteiger partial charge >= 0.3 is 0 Å². The predicted molar refractivity (Wildman–Crippen MR) is 42.3 cm³/mol. The Hall–Kier alpha value is -0.660. The van der Waals surface area contributed by atoms with E-state index in [0.717, 1.165) is 19.3 Å². The van der Waals surface area contributed by atoms with Crippen LogP contribution < -0.4 is 0 Å². The molecule has 0 saturated heterocycles. The molecule has 1 rings (SSSR count). The van der Waals surface area contributed by atoms with Gasteiger partial charge in [-0.2, -0.15) is 0 Å². The Morgan fingerprint density at radius 2 is 2.09 bits per heavy atom. The minimum absolute atomic E-state index is 0.168. The molecule has 0 spiro atoms. The van der Waals surface area contributed by atoms with Crippen LogP contribution in [0.25, 0.3) is 0 Å². The van der Waals surface area contributed by atoms with Crippen LogP contribution in [0.5, 0.6) is 0 Å². The van der Waals surface area contributed by atoms with Crippen molar-refractivity contribution in [2.24, 2.45) is 5.92 Å². The van der Waals surface area contributed by atoms with Crippen molar-refractivity contribution in [2.75, 3.05) is 0 Å². The van der Waals surface area contributed by atoms with Crippen molar-refractivity contribution in [3.8, 4) is 0 Å². The third kappa shape index (κ3) is 2.45. The van der Waals surface area contributed by atoms with E-state index in [1.54, 1.807) is 6.92 Å². The summed E-state index contributed by atoms with van der Waals surface area (Å²) in [7, 11) is 0. The minimum Gasteiger partial charge on any atom is -0.300 e. The Morgan fingerprint density at radius 1 is 1.36 bits per heavy atom. The van der Waals surface area contributed by atoms with Crippen LogP contribution in [0.4, 0.5) is 0 Å². The SMILES string of the molecule is CC(=O)C1CCCC(=O)CC1. The van der Waals surface area contributed by atoms with Crippen molar-refractivity contribution >= 4 is 11.6 Å². The van der Waals surface area contributed by atoms with Gasteiger partial charge in [-0.25, -0.2) is 0 Å². The number of hydrogen-bond donors (Lipinski definition) is 0. The minimum atomic E-state index is 0.168. The number of hydrogen-bond acceptors (Lipinski definition) is 2. The molecule has 1 atom stereocenters. The molecular formula is C9H14O2. The van der Waals surface area contributed by atoms with Gasteiger partial charge in [0, 0.05) is 18.8 Å². The average Bonchev–Trinajstić information content (AvgIpc) is 2.13. The summed E-state index contributed by atoms with van der Waals surface area (Å²) in [5, 5.41) is 0. The molecule has 1 unspecified atom stereocenters. The van der Waals surface area contributed by atoms with Gasteiger partial charge < -0.3 is 0 Å². The van der Waals surface area contributed by atoms with Crippen molar-refractivity contribution in [2.45, 2.75) is 39.0 Å². The van der Waals surface area contributed by atoms with Crippen LogP contribution in [-0.2, 0) is 9.59 Å². The zero-order chi connectivity index (χ0) is 8.27. The predicted octanol–water partition coefficient (Wildman–Crippen LogP) is 1.72. The monoisotopic (exact) mass is 154 g/mol. The summed E-state index contributed by atoms with van der Waals surface area (Å²) in [5.41, 5.74) is 0. The van der Waals surface area contributed by atoms with Gasteiger partial charge in [0.1, 0.15) is 11.6 Å². The molecule has 2 heteroatoms. The summed E-state index contributed by atoms with van der Waals surface area (Å²) >= 11 is 0. The molecule has 0 aromatic rings. The maximum absolute atomic E-state index is 10.9. The van der Waals surface area contributed by atoms with Crippen molar-refractivity contribution in [1.82, 2.24) is 0 Å². The lowest BCUT2D eigenvalue weighted by molar-refractivity contribution is -0.121. The van der Waals surface area contributed by atoms with Gasteiger partial charge in [-0.3, -0.25) is 9.59 Å². The molecule has 2 nitrogen and oxygen atoms in total. The molecule has 0 aromatic carbocycles.